The van der Waals surface area contributed by atoms with Gasteiger partial charge < -0.3 is 10.2 Å². The van der Waals surface area contributed by atoms with Crippen molar-refractivity contribution in [1.29, 1.82) is 0 Å². The van der Waals surface area contributed by atoms with Gasteiger partial charge in [-0.2, -0.15) is 0 Å². The molecule has 2 N–H and O–H groups in total. The van der Waals surface area contributed by atoms with Gasteiger partial charge in [-0.05, 0) is 52.7 Å². The van der Waals surface area contributed by atoms with Crippen LogP contribution in [0.4, 0.5) is 0 Å². The molecule has 0 spiro atoms. The van der Waals surface area contributed by atoms with E-state index in [0.717, 1.165) is 32.2 Å². The van der Waals surface area contributed by atoms with E-state index in [1.165, 1.54) is 25.7 Å². The number of hydrogen-bond donors (Lipinski definition) is 2. The van der Waals surface area contributed by atoms with Crippen LogP contribution in [0.1, 0.15) is 51.4 Å². The summed E-state index contributed by atoms with van der Waals surface area (Å²) < 4.78 is 27.3. The van der Waals surface area contributed by atoms with Gasteiger partial charge in [0.05, 0.1) is 5.75 Å². The zero-order valence-electron chi connectivity index (χ0n) is 13.5. The van der Waals surface area contributed by atoms with Crippen molar-refractivity contribution in [3.8, 4) is 0 Å². The van der Waals surface area contributed by atoms with Crippen LogP contribution in [0.15, 0.2) is 0 Å². The Labute approximate surface area is 129 Å². The fraction of sp³-hybridized carbons (Fsp3) is 1.00. The first-order valence-electron chi connectivity index (χ1n) is 8.32. The number of rotatable bonds is 7. The second-order valence-electron chi connectivity index (χ2n) is 6.90. The van der Waals surface area contributed by atoms with E-state index in [4.69, 9.17) is 0 Å². The van der Waals surface area contributed by atoms with Gasteiger partial charge >= 0.3 is 0 Å². The lowest BCUT2D eigenvalue weighted by molar-refractivity contribution is 0.162. The molecule has 2 aliphatic rings. The minimum atomic E-state index is -3.16. The molecule has 1 saturated heterocycles. The van der Waals surface area contributed by atoms with E-state index in [9.17, 15) is 8.42 Å². The van der Waals surface area contributed by atoms with Crippen LogP contribution in [0.5, 0.6) is 0 Å². The molecule has 6 heteroatoms. The highest BCUT2D eigenvalue weighted by molar-refractivity contribution is 7.89. The average Bonchev–Trinajstić information content (AvgIpc) is 2.95. The molecule has 1 unspecified atom stereocenters. The van der Waals surface area contributed by atoms with Gasteiger partial charge in [0.15, 0.2) is 0 Å². The maximum Gasteiger partial charge on any atom is 0.211 e. The molecule has 0 amide bonds. The third-order valence-electron chi connectivity index (χ3n) is 5.25. The van der Waals surface area contributed by atoms with Crippen LogP contribution in [0, 0.1) is 0 Å². The largest absolute Gasteiger partial charge is 0.314 e. The Bertz CT molecular complexity index is 411. The summed E-state index contributed by atoms with van der Waals surface area (Å²) in [6, 6.07) is 0.379. The predicted octanol–water partition coefficient (Wildman–Crippen LogP) is 1.31. The summed E-state index contributed by atoms with van der Waals surface area (Å²) in [7, 11) is 0.965. The highest BCUT2D eigenvalue weighted by Gasteiger charge is 2.36. The first-order valence-corrected chi connectivity index (χ1v) is 9.97. The third-order valence-corrected chi connectivity index (χ3v) is 6.61. The molecule has 1 aliphatic heterocycles. The Balaban J connectivity index is 1.80. The van der Waals surface area contributed by atoms with Crippen molar-refractivity contribution in [2.75, 3.05) is 32.9 Å². The highest BCUT2D eigenvalue weighted by atomic mass is 32.2. The number of nitrogens with zero attached hydrogens (tertiary/aromatic N) is 1. The summed E-state index contributed by atoms with van der Waals surface area (Å²) in [5.74, 6) is 0.244. The van der Waals surface area contributed by atoms with Crippen molar-refractivity contribution in [3.63, 3.8) is 0 Å². The summed E-state index contributed by atoms with van der Waals surface area (Å²) in [6.45, 7) is 1.59. The van der Waals surface area contributed by atoms with Crippen molar-refractivity contribution < 1.29 is 8.42 Å². The molecule has 0 bridgehead atoms. The van der Waals surface area contributed by atoms with E-state index in [1.54, 1.807) is 0 Å². The zero-order valence-corrected chi connectivity index (χ0v) is 14.3. The lowest BCUT2D eigenvalue weighted by Gasteiger charge is -2.36. The van der Waals surface area contributed by atoms with Crippen LogP contribution >= 0.6 is 0 Å². The third kappa shape index (κ3) is 4.91. The molecule has 0 aromatic rings. The van der Waals surface area contributed by atoms with Gasteiger partial charge in [0.25, 0.3) is 0 Å². The van der Waals surface area contributed by atoms with Gasteiger partial charge in [0.1, 0.15) is 0 Å². The summed E-state index contributed by atoms with van der Waals surface area (Å²) in [6.07, 6.45) is 8.85. The maximum atomic E-state index is 12.2. The van der Waals surface area contributed by atoms with Crippen molar-refractivity contribution in [1.82, 2.24) is 14.9 Å². The van der Waals surface area contributed by atoms with E-state index in [-0.39, 0.29) is 11.3 Å². The van der Waals surface area contributed by atoms with Crippen LogP contribution in [0.2, 0.25) is 0 Å². The smallest absolute Gasteiger partial charge is 0.211 e. The van der Waals surface area contributed by atoms with Crippen molar-refractivity contribution >= 4 is 10.0 Å². The summed E-state index contributed by atoms with van der Waals surface area (Å²) in [4.78, 5) is 2.20. The Morgan fingerprint density at radius 2 is 1.90 bits per heavy atom. The molecule has 5 nitrogen and oxygen atoms in total. The Morgan fingerprint density at radius 3 is 2.48 bits per heavy atom. The van der Waals surface area contributed by atoms with Crippen LogP contribution < -0.4 is 10.0 Å². The van der Waals surface area contributed by atoms with Gasteiger partial charge in [-0.3, -0.25) is 0 Å². The first kappa shape index (κ1) is 17.2. The molecule has 0 aromatic carbocycles. The first-order chi connectivity index (χ1) is 9.94. The van der Waals surface area contributed by atoms with Crippen molar-refractivity contribution in [2.45, 2.75) is 62.9 Å². The molecule has 1 saturated carbocycles. The van der Waals surface area contributed by atoms with E-state index < -0.39 is 10.0 Å². The SMILES string of the molecule is CN(C)C1(CNS(=O)(=O)CCC2CCCCN2)CCCC1. The van der Waals surface area contributed by atoms with Gasteiger partial charge in [0.2, 0.25) is 10.0 Å². The van der Waals surface area contributed by atoms with Crippen molar-refractivity contribution in [3.05, 3.63) is 0 Å². The molecule has 2 fully saturated rings. The summed E-state index contributed by atoms with van der Waals surface area (Å²) in [5.41, 5.74) is 0.0240. The average molecular weight is 317 g/mol. The second-order valence-corrected chi connectivity index (χ2v) is 8.83. The van der Waals surface area contributed by atoms with E-state index in [2.05, 4.69) is 29.0 Å². The Kier molecular flexibility index (Phi) is 6.05. The number of nitrogens with one attached hydrogen (secondary N) is 2. The lowest BCUT2D eigenvalue weighted by Crippen LogP contribution is -2.51. The molecule has 1 aliphatic carbocycles. The number of likely N-dealkylation sites (N-methyl/N-ethyl adjacent to an activating group) is 1. The standard InChI is InChI=1S/C15H31N3O2S/c1-18(2)15(9-4-5-10-15)13-17-21(19,20)12-8-14-7-3-6-11-16-14/h14,16-17H,3-13H2,1-2H3. The molecular weight excluding hydrogens is 286 g/mol. The molecule has 1 atom stereocenters. The van der Waals surface area contributed by atoms with Gasteiger partial charge in [-0.1, -0.05) is 19.3 Å². The molecule has 1 heterocycles. The van der Waals surface area contributed by atoms with Crippen LogP contribution in [0.3, 0.4) is 0 Å². The monoisotopic (exact) mass is 317 g/mol. The fourth-order valence-corrected chi connectivity index (χ4v) is 4.83. The Morgan fingerprint density at radius 1 is 1.19 bits per heavy atom. The molecule has 0 radical (unpaired) electrons. The molecule has 2 rings (SSSR count). The zero-order chi connectivity index (χ0) is 15.3. The fourth-order valence-electron chi connectivity index (χ4n) is 3.60. The van der Waals surface area contributed by atoms with Crippen LogP contribution in [-0.2, 0) is 10.0 Å². The van der Waals surface area contributed by atoms with E-state index in [1.807, 2.05) is 0 Å². The van der Waals surface area contributed by atoms with E-state index in [0.29, 0.717) is 12.6 Å². The molecule has 124 valence electrons. The van der Waals surface area contributed by atoms with Gasteiger partial charge in [-0.15, -0.1) is 0 Å². The molecular formula is C15H31N3O2S. The summed E-state index contributed by atoms with van der Waals surface area (Å²) >= 11 is 0. The molecule has 21 heavy (non-hydrogen) atoms. The maximum absolute atomic E-state index is 12.2. The van der Waals surface area contributed by atoms with Crippen molar-refractivity contribution in [2.24, 2.45) is 0 Å². The Hall–Kier alpha value is -0.170. The highest BCUT2D eigenvalue weighted by Crippen LogP contribution is 2.33. The minimum Gasteiger partial charge on any atom is -0.314 e. The van der Waals surface area contributed by atoms with Crippen LogP contribution in [0.25, 0.3) is 0 Å². The number of hydrogen-bond acceptors (Lipinski definition) is 4. The van der Waals surface area contributed by atoms with Gasteiger partial charge in [0, 0.05) is 18.1 Å². The number of piperidine rings is 1. The summed E-state index contributed by atoms with van der Waals surface area (Å²) in [5, 5.41) is 3.41. The number of sulfonamides is 1. The van der Waals surface area contributed by atoms with E-state index >= 15 is 0 Å². The topological polar surface area (TPSA) is 61.4 Å². The lowest BCUT2D eigenvalue weighted by atomic mass is 9.97. The minimum absolute atomic E-state index is 0.0240. The quantitative estimate of drug-likeness (QED) is 0.743. The second kappa shape index (κ2) is 7.40. The van der Waals surface area contributed by atoms with Crippen LogP contribution in [-0.4, -0.2) is 57.8 Å². The molecule has 0 aromatic heterocycles. The predicted molar refractivity (Wildman–Crippen MR) is 86.9 cm³/mol. The van der Waals surface area contributed by atoms with Gasteiger partial charge in [-0.25, -0.2) is 13.1 Å². The normalized spacial score (nSPS) is 26.3.